The third-order valence-electron chi connectivity index (χ3n) is 5.68. The van der Waals surface area contributed by atoms with Crippen molar-refractivity contribution in [3.05, 3.63) is 55.1 Å². The van der Waals surface area contributed by atoms with E-state index in [0.29, 0.717) is 18.3 Å². The molecule has 0 aliphatic carbocycles. The van der Waals surface area contributed by atoms with Crippen LogP contribution in [-0.4, -0.2) is 58.8 Å². The van der Waals surface area contributed by atoms with Crippen molar-refractivity contribution in [2.45, 2.75) is 7.43 Å². The summed E-state index contributed by atoms with van der Waals surface area (Å²) in [6.07, 6.45) is 7.44. The molecule has 5 heterocycles. The van der Waals surface area contributed by atoms with E-state index in [9.17, 15) is 0 Å². The van der Waals surface area contributed by atoms with Gasteiger partial charge in [-0.05, 0) is 30.3 Å². The number of fused-ring (bicyclic) bond motifs is 2. The maximum Gasteiger partial charge on any atom is 0.237 e. The second-order valence-corrected chi connectivity index (χ2v) is 7.76. The molecule has 6 rings (SSSR count). The van der Waals surface area contributed by atoms with Crippen LogP contribution >= 0.6 is 0 Å². The van der Waals surface area contributed by atoms with E-state index in [-0.39, 0.29) is 7.43 Å². The fourth-order valence-corrected chi connectivity index (χ4v) is 4.04. The molecule has 0 spiro atoms. The molecule has 0 atom stereocenters. The van der Waals surface area contributed by atoms with E-state index in [1.54, 1.807) is 12.4 Å². The monoisotopic (exact) mass is 445 g/mol. The molecule has 1 saturated heterocycles. The highest BCUT2D eigenvalue weighted by Crippen LogP contribution is 2.31. The summed E-state index contributed by atoms with van der Waals surface area (Å²) in [4.78, 5) is 16.1. The predicted octanol–water partition coefficient (Wildman–Crippen LogP) is 3.81. The molecule has 170 valence electrons. The van der Waals surface area contributed by atoms with E-state index in [0.717, 1.165) is 61.1 Å². The van der Waals surface area contributed by atoms with Crippen molar-refractivity contribution in [3.63, 3.8) is 0 Å². The molecule has 2 N–H and O–H groups in total. The first-order valence-corrected chi connectivity index (χ1v) is 10.7. The maximum absolute atomic E-state index is 5.60. The van der Waals surface area contributed by atoms with E-state index >= 15 is 0 Å². The van der Waals surface area contributed by atoms with E-state index in [1.807, 2.05) is 22.9 Å². The molecule has 2 aliphatic heterocycles. The predicted molar refractivity (Wildman–Crippen MR) is 130 cm³/mol. The topological polar surface area (TPSA) is 88.8 Å². The number of nitrogens with one attached hydrogen (secondary N) is 2. The molecule has 3 aromatic heterocycles. The number of benzene rings is 1. The van der Waals surface area contributed by atoms with Gasteiger partial charge in [0.2, 0.25) is 5.88 Å². The van der Waals surface area contributed by atoms with Crippen LogP contribution in [0.2, 0.25) is 0 Å². The van der Waals surface area contributed by atoms with Crippen LogP contribution in [0.25, 0.3) is 16.9 Å². The van der Waals surface area contributed by atoms with Gasteiger partial charge in [0.25, 0.3) is 0 Å². The van der Waals surface area contributed by atoms with Crippen molar-refractivity contribution in [2.75, 3.05) is 55.0 Å². The van der Waals surface area contributed by atoms with Crippen LogP contribution in [0.1, 0.15) is 7.43 Å². The smallest absolute Gasteiger partial charge is 0.237 e. The number of hydrogen-bond donors (Lipinski definition) is 2. The van der Waals surface area contributed by atoms with Crippen LogP contribution in [-0.2, 0) is 4.74 Å². The second-order valence-electron chi connectivity index (χ2n) is 7.76. The molecule has 0 saturated carbocycles. The summed E-state index contributed by atoms with van der Waals surface area (Å²) in [5.74, 6) is 1.32. The number of pyridine rings is 1. The minimum atomic E-state index is 0. The summed E-state index contributed by atoms with van der Waals surface area (Å²) < 4.78 is 13.0. The van der Waals surface area contributed by atoms with Gasteiger partial charge < -0.3 is 29.4 Å². The maximum atomic E-state index is 5.60. The summed E-state index contributed by atoms with van der Waals surface area (Å²) in [6, 6.07) is 10.4. The van der Waals surface area contributed by atoms with Crippen LogP contribution in [0, 0.1) is 0 Å². The van der Waals surface area contributed by atoms with Gasteiger partial charge >= 0.3 is 0 Å². The molecule has 0 radical (unpaired) electrons. The molecule has 0 bridgehead atoms. The van der Waals surface area contributed by atoms with E-state index in [2.05, 4.69) is 49.8 Å². The van der Waals surface area contributed by atoms with Crippen LogP contribution < -0.4 is 20.3 Å². The summed E-state index contributed by atoms with van der Waals surface area (Å²) in [5, 5.41) is 6.77. The first-order valence-electron chi connectivity index (χ1n) is 10.7. The van der Waals surface area contributed by atoms with Gasteiger partial charge in [0.1, 0.15) is 6.61 Å². The average Bonchev–Trinajstić information content (AvgIpc) is 3.34. The van der Waals surface area contributed by atoms with E-state index in [4.69, 9.17) is 14.5 Å². The normalized spacial score (nSPS) is 15.2. The molecular weight excluding hydrogens is 418 g/mol. The van der Waals surface area contributed by atoms with Crippen LogP contribution in [0.4, 0.5) is 22.9 Å². The number of imidazole rings is 1. The van der Waals surface area contributed by atoms with Gasteiger partial charge in [-0.15, -0.1) is 0 Å². The van der Waals surface area contributed by atoms with E-state index < -0.39 is 0 Å². The van der Waals surface area contributed by atoms with Crippen molar-refractivity contribution >= 4 is 28.5 Å². The van der Waals surface area contributed by atoms with Gasteiger partial charge in [-0.1, -0.05) is 7.43 Å². The zero-order valence-corrected chi connectivity index (χ0v) is 17.5. The Morgan fingerprint density at radius 3 is 2.73 bits per heavy atom. The Labute approximate surface area is 192 Å². The van der Waals surface area contributed by atoms with Gasteiger partial charge in [-0.3, -0.25) is 0 Å². The van der Waals surface area contributed by atoms with Crippen molar-refractivity contribution in [2.24, 2.45) is 0 Å². The van der Waals surface area contributed by atoms with Gasteiger partial charge in [0, 0.05) is 61.4 Å². The lowest BCUT2D eigenvalue weighted by molar-refractivity contribution is 0.122. The third-order valence-corrected chi connectivity index (χ3v) is 5.68. The van der Waals surface area contributed by atoms with Crippen molar-refractivity contribution in [3.8, 4) is 17.1 Å². The summed E-state index contributed by atoms with van der Waals surface area (Å²) in [6.45, 7) is 4.76. The molecular formula is C24H27N7O2. The zero-order valence-electron chi connectivity index (χ0n) is 17.5. The molecule has 2 aliphatic rings. The Balaban J connectivity index is 0.00000228. The lowest BCUT2D eigenvalue weighted by atomic mass is 10.2. The largest absolute Gasteiger partial charge is 0.474 e. The number of aromatic nitrogens is 4. The zero-order chi connectivity index (χ0) is 21.3. The summed E-state index contributed by atoms with van der Waals surface area (Å²) in [5.41, 5.74) is 5.50. The highest BCUT2D eigenvalue weighted by atomic mass is 16.5. The molecule has 9 heteroatoms. The Bertz CT molecular complexity index is 1250. The Kier molecular flexibility index (Phi) is 5.70. The standard InChI is InChI=1S/C23H23N7O2.CH4/c1-3-18(29-8-11-31-12-9-29)4-2-17(1)27-21-22-25-5-7-30(22)15-20(28-21)16-13-19-23(26-14-16)32-10-6-24-19;/h1-5,7,13-15,24H,6,8-12H2,(H,27,28);1H4. The molecule has 0 unspecified atom stereocenters. The summed E-state index contributed by atoms with van der Waals surface area (Å²) >= 11 is 0. The lowest BCUT2D eigenvalue weighted by Gasteiger charge is -2.28. The first kappa shape index (κ1) is 21.0. The van der Waals surface area contributed by atoms with Crippen LogP contribution in [0.15, 0.2) is 55.1 Å². The van der Waals surface area contributed by atoms with Crippen LogP contribution in [0.3, 0.4) is 0 Å². The molecule has 1 aromatic carbocycles. The number of ether oxygens (including phenoxy) is 2. The Hall–Kier alpha value is -3.85. The van der Waals surface area contributed by atoms with Crippen molar-refractivity contribution in [1.29, 1.82) is 0 Å². The quantitative estimate of drug-likeness (QED) is 0.490. The molecule has 4 aromatic rings. The van der Waals surface area contributed by atoms with Gasteiger partial charge in [-0.25, -0.2) is 15.0 Å². The lowest BCUT2D eigenvalue weighted by Crippen LogP contribution is -2.36. The summed E-state index contributed by atoms with van der Waals surface area (Å²) in [7, 11) is 0. The van der Waals surface area contributed by atoms with Gasteiger partial charge in [-0.2, -0.15) is 0 Å². The molecule has 33 heavy (non-hydrogen) atoms. The first-order chi connectivity index (χ1) is 15.8. The fraction of sp³-hybridized carbons (Fsp3) is 0.292. The average molecular weight is 446 g/mol. The number of nitrogens with zero attached hydrogens (tertiary/aromatic N) is 5. The van der Waals surface area contributed by atoms with Gasteiger partial charge in [0.05, 0.1) is 24.6 Å². The van der Waals surface area contributed by atoms with Gasteiger partial charge in [0.15, 0.2) is 11.5 Å². The van der Waals surface area contributed by atoms with Crippen molar-refractivity contribution in [1.82, 2.24) is 19.4 Å². The Morgan fingerprint density at radius 1 is 1.03 bits per heavy atom. The number of rotatable bonds is 4. The number of morpholine rings is 1. The number of hydrogen-bond acceptors (Lipinski definition) is 8. The minimum Gasteiger partial charge on any atom is -0.474 e. The molecule has 1 fully saturated rings. The third kappa shape index (κ3) is 4.14. The fourth-order valence-electron chi connectivity index (χ4n) is 4.04. The minimum absolute atomic E-state index is 0. The molecule has 9 nitrogen and oxygen atoms in total. The molecule has 0 amide bonds. The highest BCUT2D eigenvalue weighted by Gasteiger charge is 2.15. The second kappa shape index (κ2) is 8.95. The Morgan fingerprint density at radius 2 is 1.88 bits per heavy atom. The van der Waals surface area contributed by atoms with Crippen molar-refractivity contribution < 1.29 is 9.47 Å². The van der Waals surface area contributed by atoms with Crippen LogP contribution in [0.5, 0.6) is 5.88 Å². The highest BCUT2D eigenvalue weighted by molar-refractivity contribution is 5.75. The van der Waals surface area contributed by atoms with E-state index in [1.165, 1.54) is 5.69 Å². The SMILES string of the molecule is C.c1cn2cc(-c3cnc4c(c3)NCCO4)nc(Nc3ccc(N4CCOCC4)cc3)c2n1. The number of anilines is 4.